The highest BCUT2D eigenvalue weighted by Gasteiger charge is 2.33. The molecule has 1 atom stereocenters. The number of fused-ring (bicyclic) bond motifs is 1. The number of nitrogens with zero attached hydrogens (tertiary/aromatic N) is 1. The fraction of sp³-hybridized carbons (Fsp3) is 0.286. The molecule has 30 heavy (non-hydrogen) atoms. The Bertz CT molecular complexity index is 1060. The molecule has 0 fully saturated rings. The maximum atomic E-state index is 12.7. The number of carbonyl (C=O) groups is 1. The standard InChI is InChI=1S/C21H19F3N2O4/c1-4-29-20(28)16-12(2)25-18-17(16)14(11-26(3)19(18)27)10-9-13-7-5-6-8-15(13)30-21(22,23)24/h5-8,11,19,25,27H,4H2,1-3H3. The summed E-state index contributed by atoms with van der Waals surface area (Å²) in [6, 6.07) is 5.50. The van der Waals surface area contributed by atoms with Crippen molar-refractivity contribution in [3.8, 4) is 17.6 Å². The number of rotatable bonds is 3. The molecule has 0 bridgehead atoms. The number of hydrogen-bond donors (Lipinski definition) is 2. The Morgan fingerprint density at radius 3 is 2.67 bits per heavy atom. The van der Waals surface area contributed by atoms with Crippen LogP contribution in [0.2, 0.25) is 0 Å². The number of aromatic amines is 1. The largest absolute Gasteiger partial charge is 0.573 e. The van der Waals surface area contributed by atoms with Gasteiger partial charge in [-0.15, -0.1) is 13.2 Å². The van der Waals surface area contributed by atoms with Gasteiger partial charge in [-0.1, -0.05) is 24.0 Å². The molecule has 0 aliphatic carbocycles. The lowest BCUT2D eigenvalue weighted by Gasteiger charge is -2.27. The first-order valence-corrected chi connectivity index (χ1v) is 9.01. The number of allylic oxidation sites excluding steroid dienone is 1. The molecule has 1 aliphatic heterocycles. The van der Waals surface area contributed by atoms with E-state index in [0.717, 1.165) is 0 Å². The molecule has 158 valence electrons. The molecule has 2 heterocycles. The van der Waals surface area contributed by atoms with Crippen LogP contribution in [0.1, 0.15) is 46.0 Å². The number of aromatic nitrogens is 1. The molecule has 1 aliphatic rings. The van der Waals surface area contributed by atoms with Crippen molar-refractivity contribution in [3.05, 3.63) is 58.5 Å². The van der Waals surface area contributed by atoms with Gasteiger partial charge in [0.25, 0.3) is 0 Å². The van der Waals surface area contributed by atoms with Crippen LogP contribution in [0.5, 0.6) is 5.75 Å². The smallest absolute Gasteiger partial charge is 0.462 e. The first-order chi connectivity index (χ1) is 14.1. The molecule has 1 aromatic carbocycles. The Morgan fingerprint density at radius 1 is 1.30 bits per heavy atom. The molecule has 3 rings (SSSR count). The van der Waals surface area contributed by atoms with E-state index in [1.165, 1.54) is 35.4 Å². The monoisotopic (exact) mass is 420 g/mol. The Morgan fingerprint density at radius 2 is 2.00 bits per heavy atom. The number of esters is 1. The molecule has 2 N–H and O–H groups in total. The van der Waals surface area contributed by atoms with E-state index in [4.69, 9.17) is 4.74 Å². The second kappa shape index (κ2) is 8.16. The fourth-order valence-corrected chi connectivity index (χ4v) is 3.14. The molecule has 6 nitrogen and oxygen atoms in total. The summed E-state index contributed by atoms with van der Waals surface area (Å²) in [4.78, 5) is 16.9. The summed E-state index contributed by atoms with van der Waals surface area (Å²) in [6.45, 7) is 3.49. The van der Waals surface area contributed by atoms with Crippen LogP contribution in [0.25, 0.3) is 5.57 Å². The zero-order valence-electron chi connectivity index (χ0n) is 16.4. The van der Waals surface area contributed by atoms with Crippen LogP contribution in [-0.2, 0) is 4.74 Å². The number of para-hydroxylation sites is 1. The third-order valence-corrected chi connectivity index (χ3v) is 4.39. The molecule has 0 saturated carbocycles. The van der Waals surface area contributed by atoms with Crippen LogP contribution in [0, 0.1) is 18.8 Å². The quantitative estimate of drug-likeness (QED) is 0.585. The SMILES string of the molecule is CCOC(=O)c1c(C)[nH]c2c1C(C#Cc1ccccc1OC(F)(F)F)=CN(C)C2O. The van der Waals surface area contributed by atoms with E-state index in [-0.39, 0.29) is 17.7 Å². The van der Waals surface area contributed by atoms with Gasteiger partial charge in [-0.05, 0) is 26.0 Å². The van der Waals surface area contributed by atoms with Crippen molar-refractivity contribution in [2.75, 3.05) is 13.7 Å². The van der Waals surface area contributed by atoms with E-state index in [1.54, 1.807) is 20.9 Å². The van der Waals surface area contributed by atoms with Crippen molar-refractivity contribution in [2.45, 2.75) is 26.4 Å². The third-order valence-electron chi connectivity index (χ3n) is 4.39. The predicted molar refractivity (Wildman–Crippen MR) is 102 cm³/mol. The lowest BCUT2D eigenvalue weighted by molar-refractivity contribution is -0.274. The number of alkyl halides is 3. The average Bonchev–Trinajstić information content (AvgIpc) is 3.01. The number of benzene rings is 1. The van der Waals surface area contributed by atoms with Gasteiger partial charge in [-0.25, -0.2) is 4.79 Å². The number of nitrogens with one attached hydrogen (secondary N) is 1. The van der Waals surface area contributed by atoms with Crippen molar-refractivity contribution in [3.63, 3.8) is 0 Å². The van der Waals surface area contributed by atoms with Gasteiger partial charge in [0.2, 0.25) is 0 Å². The number of hydrogen-bond acceptors (Lipinski definition) is 5. The lowest BCUT2D eigenvalue weighted by atomic mass is 9.97. The number of carbonyl (C=O) groups excluding carboxylic acids is 1. The van der Waals surface area contributed by atoms with E-state index in [9.17, 15) is 23.1 Å². The average molecular weight is 420 g/mol. The fourth-order valence-electron chi connectivity index (χ4n) is 3.14. The summed E-state index contributed by atoms with van der Waals surface area (Å²) in [7, 11) is 1.61. The minimum atomic E-state index is -4.85. The molecule has 1 aromatic heterocycles. The van der Waals surface area contributed by atoms with E-state index >= 15 is 0 Å². The summed E-state index contributed by atoms with van der Waals surface area (Å²) in [5.74, 6) is 4.46. The summed E-state index contributed by atoms with van der Waals surface area (Å²) >= 11 is 0. The number of halogens is 3. The highest BCUT2D eigenvalue weighted by Crippen LogP contribution is 2.36. The van der Waals surface area contributed by atoms with Gasteiger partial charge in [-0.3, -0.25) is 0 Å². The number of aryl methyl sites for hydroxylation is 1. The minimum Gasteiger partial charge on any atom is -0.462 e. The van der Waals surface area contributed by atoms with Crippen LogP contribution < -0.4 is 4.74 Å². The van der Waals surface area contributed by atoms with Crippen molar-refractivity contribution in [1.82, 2.24) is 9.88 Å². The number of aliphatic hydroxyl groups excluding tert-OH is 1. The molecule has 0 saturated heterocycles. The van der Waals surface area contributed by atoms with Gasteiger partial charge < -0.3 is 24.5 Å². The first kappa shape index (κ1) is 21.3. The van der Waals surface area contributed by atoms with Crippen molar-refractivity contribution in [2.24, 2.45) is 0 Å². The topological polar surface area (TPSA) is 74.8 Å². The van der Waals surface area contributed by atoms with Crippen LogP contribution in [-0.4, -0.2) is 41.0 Å². The van der Waals surface area contributed by atoms with E-state index < -0.39 is 24.3 Å². The van der Waals surface area contributed by atoms with Crippen molar-refractivity contribution >= 4 is 11.5 Å². The Hall–Kier alpha value is -3.38. The Kier molecular flexibility index (Phi) is 5.80. The third kappa shape index (κ3) is 4.28. The molecule has 0 radical (unpaired) electrons. The normalized spacial score (nSPS) is 15.6. The molecule has 0 amide bonds. The maximum Gasteiger partial charge on any atom is 0.573 e. The summed E-state index contributed by atoms with van der Waals surface area (Å²) in [6.07, 6.45) is -4.38. The van der Waals surface area contributed by atoms with E-state index in [0.29, 0.717) is 22.5 Å². The number of ether oxygens (including phenoxy) is 2. The van der Waals surface area contributed by atoms with Crippen LogP contribution in [0.4, 0.5) is 13.2 Å². The summed E-state index contributed by atoms with van der Waals surface area (Å²) in [5.41, 5.74) is 1.78. The van der Waals surface area contributed by atoms with Crippen LogP contribution >= 0.6 is 0 Å². The van der Waals surface area contributed by atoms with Gasteiger partial charge in [-0.2, -0.15) is 0 Å². The molecule has 0 spiro atoms. The molecule has 9 heteroatoms. The zero-order chi connectivity index (χ0) is 22.1. The highest BCUT2D eigenvalue weighted by molar-refractivity contribution is 6.00. The Balaban J connectivity index is 2.09. The van der Waals surface area contributed by atoms with Crippen LogP contribution in [0.3, 0.4) is 0 Å². The van der Waals surface area contributed by atoms with E-state index in [2.05, 4.69) is 21.6 Å². The molecule has 2 aromatic rings. The van der Waals surface area contributed by atoms with Crippen molar-refractivity contribution in [1.29, 1.82) is 0 Å². The first-order valence-electron chi connectivity index (χ1n) is 9.01. The van der Waals surface area contributed by atoms with Gasteiger partial charge in [0.15, 0.2) is 6.23 Å². The van der Waals surface area contributed by atoms with E-state index in [1.807, 2.05) is 0 Å². The van der Waals surface area contributed by atoms with Crippen LogP contribution in [0.15, 0.2) is 30.5 Å². The maximum absolute atomic E-state index is 12.7. The van der Waals surface area contributed by atoms with Gasteiger partial charge in [0, 0.05) is 24.5 Å². The van der Waals surface area contributed by atoms with Crippen molar-refractivity contribution < 1.29 is 32.5 Å². The number of H-pyrrole nitrogens is 1. The van der Waals surface area contributed by atoms with Gasteiger partial charge >= 0.3 is 12.3 Å². The second-order valence-corrected chi connectivity index (χ2v) is 6.51. The molecule has 1 unspecified atom stereocenters. The lowest BCUT2D eigenvalue weighted by Crippen LogP contribution is -2.24. The number of aliphatic hydroxyl groups is 1. The minimum absolute atomic E-state index is 0.0241. The van der Waals surface area contributed by atoms with Gasteiger partial charge in [0.05, 0.1) is 29.0 Å². The molecular formula is C21H19F3N2O4. The second-order valence-electron chi connectivity index (χ2n) is 6.51. The Labute approximate surface area is 170 Å². The van der Waals surface area contributed by atoms with Gasteiger partial charge in [0.1, 0.15) is 5.75 Å². The predicted octanol–water partition coefficient (Wildman–Crippen LogP) is 3.73. The summed E-state index contributed by atoms with van der Waals surface area (Å²) in [5, 5.41) is 10.5. The zero-order valence-corrected chi connectivity index (χ0v) is 16.4. The molecular weight excluding hydrogens is 401 g/mol. The summed E-state index contributed by atoms with van der Waals surface area (Å²) < 4.78 is 47.1. The highest BCUT2D eigenvalue weighted by atomic mass is 19.4.